The van der Waals surface area contributed by atoms with E-state index in [1.165, 1.54) is 12.3 Å². The molecule has 0 unspecified atom stereocenters. The van der Waals surface area contributed by atoms with Crippen LogP contribution in [0.25, 0.3) is 23.0 Å². The summed E-state index contributed by atoms with van der Waals surface area (Å²) in [7, 11) is -3.45. The maximum Gasteiger partial charge on any atom is 0.330 e. The van der Waals surface area contributed by atoms with Gasteiger partial charge in [0.15, 0.2) is 5.65 Å². The molecule has 1 aliphatic heterocycles. The Morgan fingerprint density at radius 2 is 2.06 bits per heavy atom. The average molecular weight is 484 g/mol. The van der Waals surface area contributed by atoms with Crippen LogP contribution in [-0.4, -0.2) is 64.0 Å². The average Bonchev–Trinajstić information content (AvgIpc) is 3.43. The number of hydrogen-bond donors (Lipinski definition) is 4. The van der Waals surface area contributed by atoms with Gasteiger partial charge in [0.1, 0.15) is 18.2 Å². The summed E-state index contributed by atoms with van der Waals surface area (Å²) in [4.78, 5) is 29.6. The molecule has 2 aliphatic rings. The van der Waals surface area contributed by atoms with Gasteiger partial charge in [-0.25, -0.2) is 23.1 Å². The molecule has 3 amide bonds. The van der Waals surface area contributed by atoms with Crippen LogP contribution in [0, 0.1) is 0 Å². The summed E-state index contributed by atoms with van der Waals surface area (Å²) in [6, 6.07) is 8.27. The van der Waals surface area contributed by atoms with E-state index in [4.69, 9.17) is 4.98 Å². The monoisotopic (exact) mass is 483 g/mol. The number of imide groups is 1. The Morgan fingerprint density at radius 3 is 2.74 bits per heavy atom. The minimum atomic E-state index is -3.45. The van der Waals surface area contributed by atoms with E-state index >= 15 is 0 Å². The molecular formula is C21H21N7O5S. The Bertz CT molecular complexity index is 1460. The van der Waals surface area contributed by atoms with Gasteiger partial charge in [-0.15, -0.1) is 0 Å². The van der Waals surface area contributed by atoms with Gasteiger partial charge in [-0.3, -0.25) is 9.52 Å². The van der Waals surface area contributed by atoms with Crippen LogP contribution in [0.2, 0.25) is 0 Å². The number of nitrogens with one attached hydrogen (secondary N) is 3. The number of aromatic nitrogens is 3. The topological polar surface area (TPSA) is 158 Å². The number of aliphatic hydroxyl groups is 1. The van der Waals surface area contributed by atoms with E-state index in [0.29, 0.717) is 44.9 Å². The molecule has 3 heterocycles. The molecule has 3 aromatic rings. The number of hydrogen-bond acceptors (Lipinski definition) is 8. The summed E-state index contributed by atoms with van der Waals surface area (Å²) >= 11 is 0. The normalized spacial score (nSPS) is 17.5. The second-order valence-corrected chi connectivity index (χ2v) is 9.85. The van der Waals surface area contributed by atoms with Crippen LogP contribution in [0.1, 0.15) is 18.4 Å². The van der Waals surface area contributed by atoms with Crippen molar-refractivity contribution in [2.45, 2.75) is 18.9 Å². The molecule has 0 radical (unpaired) electrons. The number of aliphatic hydroxyl groups excluding tert-OH is 1. The molecule has 4 N–H and O–H groups in total. The molecule has 12 nitrogen and oxygen atoms in total. The van der Waals surface area contributed by atoms with Gasteiger partial charge in [-0.2, -0.15) is 9.61 Å². The zero-order chi connectivity index (χ0) is 24.0. The Labute approximate surface area is 194 Å². The van der Waals surface area contributed by atoms with Crippen molar-refractivity contribution in [3.63, 3.8) is 0 Å². The molecule has 1 aromatic carbocycles. The molecule has 1 saturated carbocycles. The Hall–Kier alpha value is -3.97. The van der Waals surface area contributed by atoms with Gasteiger partial charge in [0, 0.05) is 28.9 Å². The van der Waals surface area contributed by atoms with Gasteiger partial charge in [0.2, 0.25) is 10.0 Å². The first-order chi connectivity index (χ1) is 16.2. The number of carbonyl (C=O) groups excluding carboxylic acids is 2. The van der Waals surface area contributed by atoms with Crippen molar-refractivity contribution in [2.75, 3.05) is 23.0 Å². The van der Waals surface area contributed by atoms with E-state index in [0.717, 1.165) is 19.1 Å². The number of rotatable bonds is 7. The standard InChI is InChI=1S/C21H21N7O5S/c1-34(32,33)26-15-4-2-3-12(7-15)16-9-18(23-14-5-6-14)28-19(24-16)13(10-22-28)8-17-20(30)27(11-29)21(31)25-17/h2-4,7-10,14,23,26,29H,5-6,11H2,1H3,(H,25,31)/b17-8-. The molecular weight excluding hydrogens is 462 g/mol. The van der Waals surface area contributed by atoms with Gasteiger partial charge in [0.05, 0.1) is 18.1 Å². The minimum Gasteiger partial charge on any atom is -0.376 e. The van der Waals surface area contributed by atoms with Crippen molar-refractivity contribution in [1.29, 1.82) is 0 Å². The highest BCUT2D eigenvalue weighted by Crippen LogP contribution is 2.30. The zero-order valence-electron chi connectivity index (χ0n) is 18.0. The molecule has 1 saturated heterocycles. The number of amides is 3. The SMILES string of the molecule is CS(=O)(=O)Nc1cccc(-c2cc(NC3CC3)n3ncc(/C=C4\NC(=O)N(CO)C4=O)c3n2)c1. The van der Waals surface area contributed by atoms with Gasteiger partial charge in [0.25, 0.3) is 5.91 Å². The molecule has 5 rings (SSSR count). The first kappa shape index (κ1) is 21.9. The van der Waals surface area contributed by atoms with Crippen LogP contribution in [0.4, 0.5) is 16.3 Å². The maximum atomic E-state index is 12.4. The lowest BCUT2D eigenvalue weighted by Gasteiger charge is -2.11. The number of nitrogens with zero attached hydrogens (tertiary/aromatic N) is 4. The quantitative estimate of drug-likeness (QED) is 0.288. The predicted molar refractivity (Wildman–Crippen MR) is 124 cm³/mol. The van der Waals surface area contributed by atoms with Gasteiger partial charge in [-0.1, -0.05) is 12.1 Å². The number of carbonyl (C=O) groups is 2. The van der Waals surface area contributed by atoms with E-state index < -0.39 is 28.7 Å². The fourth-order valence-corrected chi connectivity index (χ4v) is 4.14. The second-order valence-electron chi connectivity index (χ2n) is 8.10. The molecule has 13 heteroatoms. The predicted octanol–water partition coefficient (Wildman–Crippen LogP) is 1.18. The van der Waals surface area contributed by atoms with Crippen molar-refractivity contribution in [1.82, 2.24) is 24.8 Å². The van der Waals surface area contributed by atoms with Gasteiger partial charge < -0.3 is 15.7 Å². The van der Waals surface area contributed by atoms with E-state index in [1.54, 1.807) is 22.7 Å². The maximum absolute atomic E-state index is 12.4. The molecule has 2 fully saturated rings. The van der Waals surface area contributed by atoms with E-state index in [-0.39, 0.29) is 5.70 Å². The molecule has 2 aromatic heterocycles. The van der Waals surface area contributed by atoms with Crippen LogP contribution in [0.3, 0.4) is 0 Å². The number of urea groups is 1. The highest BCUT2D eigenvalue weighted by atomic mass is 32.2. The highest BCUT2D eigenvalue weighted by Gasteiger charge is 2.33. The lowest BCUT2D eigenvalue weighted by molar-refractivity contribution is -0.125. The van der Waals surface area contributed by atoms with Crippen molar-refractivity contribution in [3.05, 3.63) is 47.8 Å². The summed E-state index contributed by atoms with van der Waals surface area (Å²) in [6.45, 7) is -0.730. The number of sulfonamides is 1. The van der Waals surface area contributed by atoms with Crippen molar-refractivity contribution in [3.8, 4) is 11.3 Å². The van der Waals surface area contributed by atoms with E-state index in [9.17, 15) is 23.1 Å². The summed E-state index contributed by atoms with van der Waals surface area (Å²) in [6.07, 6.45) is 6.12. The summed E-state index contributed by atoms with van der Waals surface area (Å²) in [5, 5.41) is 19.5. The molecule has 0 atom stereocenters. The van der Waals surface area contributed by atoms with Crippen LogP contribution in [0.15, 0.2) is 42.2 Å². The largest absolute Gasteiger partial charge is 0.376 e. The fourth-order valence-electron chi connectivity index (χ4n) is 3.58. The summed E-state index contributed by atoms with van der Waals surface area (Å²) in [5.74, 6) is 0.0336. The third kappa shape index (κ3) is 4.30. The third-order valence-electron chi connectivity index (χ3n) is 5.29. The van der Waals surface area contributed by atoms with Gasteiger partial charge in [-0.05, 0) is 31.1 Å². The molecule has 0 spiro atoms. The number of fused-ring (bicyclic) bond motifs is 1. The number of benzene rings is 1. The first-order valence-electron chi connectivity index (χ1n) is 10.4. The first-order valence-corrected chi connectivity index (χ1v) is 12.3. The van der Waals surface area contributed by atoms with Crippen molar-refractivity contribution < 1.29 is 23.1 Å². The van der Waals surface area contributed by atoms with Crippen molar-refractivity contribution in [2.24, 2.45) is 0 Å². The lowest BCUT2D eigenvalue weighted by atomic mass is 10.1. The van der Waals surface area contributed by atoms with Crippen LogP contribution < -0.4 is 15.4 Å². The van der Waals surface area contributed by atoms with E-state index in [1.807, 2.05) is 12.1 Å². The summed E-state index contributed by atoms with van der Waals surface area (Å²) in [5.41, 5.74) is 2.54. The number of anilines is 2. The zero-order valence-corrected chi connectivity index (χ0v) is 18.8. The summed E-state index contributed by atoms with van der Waals surface area (Å²) < 4.78 is 27.4. The molecule has 1 aliphatic carbocycles. The Morgan fingerprint density at radius 1 is 1.26 bits per heavy atom. The highest BCUT2D eigenvalue weighted by molar-refractivity contribution is 7.92. The van der Waals surface area contributed by atoms with Gasteiger partial charge >= 0.3 is 6.03 Å². The Kier molecular flexibility index (Phi) is 5.21. The minimum absolute atomic E-state index is 0.00259. The third-order valence-corrected chi connectivity index (χ3v) is 5.90. The van der Waals surface area contributed by atoms with Crippen LogP contribution in [0.5, 0.6) is 0 Å². The van der Waals surface area contributed by atoms with Crippen molar-refractivity contribution >= 4 is 45.2 Å². The van der Waals surface area contributed by atoms with Crippen LogP contribution in [-0.2, 0) is 14.8 Å². The molecule has 34 heavy (non-hydrogen) atoms. The molecule has 0 bridgehead atoms. The fraction of sp³-hybridized carbons (Fsp3) is 0.238. The van der Waals surface area contributed by atoms with Crippen LogP contribution >= 0.6 is 0 Å². The lowest BCUT2D eigenvalue weighted by Crippen LogP contribution is -2.31. The Balaban J connectivity index is 1.60. The second kappa shape index (κ2) is 8.11. The smallest absolute Gasteiger partial charge is 0.330 e. The van der Waals surface area contributed by atoms with E-state index in [2.05, 4.69) is 20.5 Å². The molecule has 176 valence electrons.